The van der Waals surface area contributed by atoms with Crippen LogP contribution in [0.4, 0.5) is 0 Å². The molecule has 1 heterocycles. The summed E-state index contributed by atoms with van der Waals surface area (Å²) in [5.41, 5.74) is 6.47. The summed E-state index contributed by atoms with van der Waals surface area (Å²) in [6, 6.07) is 18.5. The average molecular weight is 351 g/mol. The molecule has 2 aromatic rings. The lowest BCUT2D eigenvalue weighted by atomic mass is 9.98. The number of carboxylic acid groups (broad SMARTS) is 1. The second-order valence-corrected chi connectivity index (χ2v) is 6.64. The monoisotopic (exact) mass is 351 g/mol. The molecule has 3 rings (SSSR count). The minimum Gasteiger partial charge on any atom is -0.481 e. The van der Waals surface area contributed by atoms with Crippen LogP contribution in [0.2, 0.25) is 0 Å². The number of carboxylic acids is 1. The predicted octanol–water partition coefficient (Wildman–Crippen LogP) is 3.07. The van der Waals surface area contributed by atoms with Crippen LogP contribution in [0, 0.1) is 5.92 Å². The SMILES string of the molecule is O=C(O)C1CCCN(CCN/N=C/c2cccc(-c3ccccc3)c2)C1. The highest BCUT2D eigenvalue weighted by molar-refractivity contribution is 5.82. The van der Waals surface area contributed by atoms with E-state index in [4.69, 9.17) is 5.11 Å². The van der Waals surface area contributed by atoms with Crippen molar-refractivity contribution in [2.45, 2.75) is 12.8 Å². The van der Waals surface area contributed by atoms with Gasteiger partial charge in [-0.2, -0.15) is 5.10 Å². The van der Waals surface area contributed by atoms with Crippen LogP contribution in [0.3, 0.4) is 0 Å². The molecule has 0 bridgehead atoms. The Labute approximate surface area is 154 Å². The van der Waals surface area contributed by atoms with Gasteiger partial charge >= 0.3 is 5.97 Å². The topological polar surface area (TPSA) is 64.9 Å². The maximum absolute atomic E-state index is 11.1. The maximum Gasteiger partial charge on any atom is 0.307 e. The minimum absolute atomic E-state index is 0.229. The number of rotatable bonds is 7. The van der Waals surface area contributed by atoms with E-state index in [2.05, 4.69) is 39.7 Å². The van der Waals surface area contributed by atoms with E-state index in [1.807, 2.05) is 36.5 Å². The van der Waals surface area contributed by atoms with E-state index in [0.29, 0.717) is 13.1 Å². The summed E-state index contributed by atoms with van der Waals surface area (Å²) in [4.78, 5) is 13.3. The molecular formula is C21H25N3O2. The Bertz CT molecular complexity index is 746. The van der Waals surface area contributed by atoms with Crippen molar-refractivity contribution in [3.8, 4) is 11.1 Å². The first kappa shape index (κ1) is 18.1. The lowest BCUT2D eigenvalue weighted by molar-refractivity contribution is -0.143. The van der Waals surface area contributed by atoms with Gasteiger partial charge in [0.1, 0.15) is 0 Å². The molecule has 136 valence electrons. The highest BCUT2D eigenvalue weighted by atomic mass is 16.4. The molecule has 1 unspecified atom stereocenters. The van der Waals surface area contributed by atoms with Crippen LogP contribution < -0.4 is 5.43 Å². The number of aliphatic carboxylic acids is 1. The van der Waals surface area contributed by atoms with E-state index in [-0.39, 0.29) is 5.92 Å². The first-order chi connectivity index (χ1) is 12.7. The molecule has 0 radical (unpaired) electrons. The molecule has 0 aliphatic carbocycles. The number of piperidine rings is 1. The standard InChI is InChI=1S/C21H25N3O2/c25-21(26)20-10-5-12-24(16-20)13-11-22-23-15-17-6-4-9-19(14-17)18-7-2-1-3-8-18/h1-4,6-9,14-15,20,22H,5,10-13,16H2,(H,25,26)/b23-15+. The van der Waals surface area contributed by atoms with Gasteiger partial charge in [0.05, 0.1) is 12.1 Å². The van der Waals surface area contributed by atoms with Crippen molar-refractivity contribution < 1.29 is 9.90 Å². The molecule has 2 aromatic carbocycles. The summed E-state index contributed by atoms with van der Waals surface area (Å²) in [5.74, 6) is -0.910. The third-order valence-electron chi connectivity index (χ3n) is 4.69. The zero-order valence-corrected chi connectivity index (χ0v) is 14.8. The Hall–Kier alpha value is -2.66. The average Bonchev–Trinajstić information content (AvgIpc) is 2.69. The van der Waals surface area contributed by atoms with Crippen molar-refractivity contribution in [2.24, 2.45) is 11.0 Å². The van der Waals surface area contributed by atoms with Gasteiger partial charge in [0.15, 0.2) is 0 Å². The number of nitrogens with zero attached hydrogens (tertiary/aromatic N) is 2. The van der Waals surface area contributed by atoms with Crippen LogP contribution in [0.5, 0.6) is 0 Å². The smallest absolute Gasteiger partial charge is 0.307 e. The van der Waals surface area contributed by atoms with Crippen LogP contribution >= 0.6 is 0 Å². The summed E-state index contributed by atoms with van der Waals surface area (Å²) in [7, 11) is 0. The van der Waals surface area contributed by atoms with Gasteiger partial charge < -0.3 is 15.4 Å². The second-order valence-electron chi connectivity index (χ2n) is 6.64. The molecule has 5 nitrogen and oxygen atoms in total. The number of nitrogens with one attached hydrogen (secondary N) is 1. The van der Waals surface area contributed by atoms with Crippen molar-refractivity contribution >= 4 is 12.2 Å². The van der Waals surface area contributed by atoms with Crippen LogP contribution in [0.25, 0.3) is 11.1 Å². The Morgan fingerprint density at radius 1 is 1.19 bits per heavy atom. The van der Waals surface area contributed by atoms with Gasteiger partial charge in [-0.25, -0.2) is 0 Å². The van der Waals surface area contributed by atoms with Crippen molar-refractivity contribution in [3.05, 3.63) is 60.2 Å². The van der Waals surface area contributed by atoms with Crippen molar-refractivity contribution in [1.29, 1.82) is 0 Å². The zero-order chi connectivity index (χ0) is 18.2. The normalized spacial score (nSPS) is 18.1. The number of hydrazone groups is 1. The molecule has 0 amide bonds. The molecule has 0 aromatic heterocycles. The van der Waals surface area contributed by atoms with E-state index >= 15 is 0 Å². The summed E-state index contributed by atoms with van der Waals surface area (Å²) in [6.07, 6.45) is 3.56. The third kappa shape index (κ3) is 5.17. The Balaban J connectivity index is 1.46. The molecule has 26 heavy (non-hydrogen) atoms. The number of carbonyl (C=O) groups is 1. The molecule has 0 spiro atoms. The summed E-state index contributed by atoms with van der Waals surface area (Å²) >= 11 is 0. The highest BCUT2D eigenvalue weighted by Gasteiger charge is 2.24. The summed E-state index contributed by atoms with van der Waals surface area (Å²) in [6.45, 7) is 3.13. The molecule has 1 aliphatic heterocycles. The molecule has 2 N–H and O–H groups in total. The minimum atomic E-state index is -0.682. The maximum atomic E-state index is 11.1. The Morgan fingerprint density at radius 2 is 2.00 bits per heavy atom. The molecule has 0 saturated carbocycles. The fourth-order valence-electron chi connectivity index (χ4n) is 3.28. The van der Waals surface area contributed by atoms with Gasteiger partial charge in [0.2, 0.25) is 0 Å². The Morgan fingerprint density at radius 3 is 2.81 bits per heavy atom. The fraction of sp³-hybridized carbons (Fsp3) is 0.333. The van der Waals surface area contributed by atoms with Crippen molar-refractivity contribution in [2.75, 3.05) is 26.2 Å². The van der Waals surface area contributed by atoms with Gasteiger partial charge in [-0.3, -0.25) is 4.79 Å². The molecule has 1 fully saturated rings. The lowest BCUT2D eigenvalue weighted by Gasteiger charge is -2.30. The van der Waals surface area contributed by atoms with Crippen LogP contribution in [0.1, 0.15) is 18.4 Å². The largest absolute Gasteiger partial charge is 0.481 e. The van der Waals surface area contributed by atoms with E-state index in [1.165, 1.54) is 11.1 Å². The third-order valence-corrected chi connectivity index (χ3v) is 4.69. The zero-order valence-electron chi connectivity index (χ0n) is 14.8. The number of hydrogen-bond donors (Lipinski definition) is 2. The van der Waals surface area contributed by atoms with Gasteiger partial charge in [-0.15, -0.1) is 0 Å². The van der Waals surface area contributed by atoms with Crippen LogP contribution in [0.15, 0.2) is 59.7 Å². The number of benzene rings is 2. The van der Waals surface area contributed by atoms with Gasteiger partial charge in [0.25, 0.3) is 0 Å². The van der Waals surface area contributed by atoms with E-state index in [1.54, 1.807) is 0 Å². The van der Waals surface area contributed by atoms with Gasteiger partial charge in [-0.05, 0) is 42.1 Å². The highest BCUT2D eigenvalue weighted by Crippen LogP contribution is 2.19. The van der Waals surface area contributed by atoms with E-state index < -0.39 is 5.97 Å². The number of hydrogen-bond acceptors (Lipinski definition) is 4. The number of likely N-dealkylation sites (tertiary alicyclic amines) is 1. The second kappa shape index (κ2) is 9.15. The fourth-order valence-corrected chi connectivity index (χ4v) is 3.28. The predicted molar refractivity (Wildman–Crippen MR) is 104 cm³/mol. The van der Waals surface area contributed by atoms with Crippen LogP contribution in [-0.4, -0.2) is 48.4 Å². The molecule has 1 aliphatic rings. The quantitative estimate of drug-likeness (QED) is 0.457. The molecule has 1 saturated heterocycles. The first-order valence-corrected chi connectivity index (χ1v) is 9.09. The molecular weight excluding hydrogens is 326 g/mol. The lowest BCUT2D eigenvalue weighted by Crippen LogP contribution is -2.41. The van der Waals surface area contributed by atoms with E-state index in [9.17, 15) is 4.79 Å². The van der Waals surface area contributed by atoms with E-state index in [0.717, 1.165) is 31.5 Å². The Kier molecular flexibility index (Phi) is 6.39. The molecule has 5 heteroatoms. The van der Waals surface area contributed by atoms with Gasteiger partial charge in [0, 0.05) is 19.6 Å². The van der Waals surface area contributed by atoms with Crippen molar-refractivity contribution in [1.82, 2.24) is 10.3 Å². The van der Waals surface area contributed by atoms with Crippen molar-refractivity contribution in [3.63, 3.8) is 0 Å². The first-order valence-electron chi connectivity index (χ1n) is 9.09. The summed E-state index contributed by atoms with van der Waals surface area (Å²) < 4.78 is 0. The van der Waals surface area contributed by atoms with Gasteiger partial charge in [-0.1, -0.05) is 48.5 Å². The summed E-state index contributed by atoms with van der Waals surface area (Å²) in [5, 5.41) is 13.4. The van der Waals surface area contributed by atoms with Crippen LogP contribution in [-0.2, 0) is 4.79 Å². The molecule has 1 atom stereocenters.